The molecule has 0 fully saturated rings. The summed E-state index contributed by atoms with van der Waals surface area (Å²) in [7, 11) is 1.33. The third-order valence-electron chi connectivity index (χ3n) is 3.96. The Morgan fingerprint density at radius 2 is 1.64 bits per heavy atom. The number of ether oxygens (including phenoxy) is 1. The second kappa shape index (κ2) is 9.47. The van der Waals surface area contributed by atoms with Crippen molar-refractivity contribution in [2.45, 2.75) is 13.3 Å². The monoisotopic (exact) mass is 340 g/mol. The van der Waals surface area contributed by atoms with Gasteiger partial charge in [0.15, 0.2) is 0 Å². The molecule has 0 aliphatic heterocycles. The first-order chi connectivity index (χ1) is 12.2. The Morgan fingerprint density at radius 1 is 1.00 bits per heavy atom. The van der Waals surface area contributed by atoms with E-state index in [0.717, 1.165) is 19.5 Å². The molecular formula is C20H24N2O3. The van der Waals surface area contributed by atoms with Crippen LogP contribution in [0.2, 0.25) is 0 Å². The molecule has 0 aromatic heterocycles. The minimum absolute atomic E-state index is 0.140. The van der Waals surface area contributed by atoms with E-state index < -0.39 is 5.97 Å². The summed E-state index contributed by atoms with van der Waals surface area (Å²) in [6.45, 7) is 4.52. The fraction of sp³-hybridized carbons (Fsp3) is 0.300. The van der Waals surface area contributed by atoms with Crippen LogP contribution in [0.1, 0.15) is 34.1 Å². The molecule has 0 aliphatic rings. The Hall–Kier alpha value is -2.82. The molecule has 132 valence electrons. The van der Waals surface area contributed by atoms with Crippen LogP contribution in [0.5, 0.6) is 0 Å². The first kappa shape index (κ1) is 18.5. The molecule has 1 amide bonds. The highest BCUT2D eigenvalue weighted by Crippen LogP contribution is 2.12. The van der Waals surface area contributed by atoms with E-state index in [9.17, 15) is 9.59 Å². The minimum atomic E-state index is -0.410. The van der Waals surface area contributed by atoms with Crippen molar-refractivity contribution in [3.05, 3.63) is 65.7 Å². The van der Waals surface area contributed by atoms with Gasteiger partial charge in [-0.3, -0.25) is 4.79 Å². The number of rotatable bonds is 8. The second-order valence-corrected chi connectivity index (χ2v) is 5.59. The van der Waals surface area contributed by atoms with Gasteiger partial charge in [-0.15, -0.1) is 0 Å². The van der Waals surface area contributed by atoms with E-state index in [0.29, 0.717) is 17.7 Å². The van der Waals surface area contributed by atoms with Crippen molar-refractivity contribution >= 4 is 17.6 Å². The Labute approximate surface area is 148 Å². The van der Waals surface area contributed by atoms with Crippen LogP contribution < -0.4 is 10.2 Å². The molecule has 0 heterocycles. The Balaban J connectivity index is 1.79. The Kier molecular flexibility index (Phi) is 7.01. The van der Waals surface area contributed by atoms with Crippen LogP contribution in [-0.2, 0) is 4.74 Å². The number of methoxy groups -OCH3 is 1. The predicted molar refractivity (Wildman–Crippen MR) is 99.1 cm³/mol. The molecule has 0 saturated carbocycles. The normalized spacial score (nSPS) is 10.2. The molecule has 0 bridgehead atoms. The number of nitrogens with zero attached hydrogens (tertiary/aromatic N) is 1. The lowest BCUT2D eigenvalue weighted by Crippen LogP contribution is -2.30. The van der Waals surface area contributed by atoms with Crippen molar-refractivity contribution in [1.29, 1.82) is 0 Å². The Bertz CT molecular complexity index is 684. The second-order valence-electron chi connectivity index (χ2n) is 5.59. The van der Waals surface area contributed by atoms with E-state index >= 15 is 0 Å². The van der Waals surface area contributed by atoms with Gasteiger partial charge in [0.1, 0.15) is 0 Å². The van der Waals surface area contributed by atoms with E-state index in [1.54, 1.807) is 24.3 Å². The SMILES string of the molecule is CCN(CCCNC(=O)c1ccc(C(=O)OC)cc1)c1ccccc1. The van der Waals surface area contributed by atoms with Crippen molar-refractivity contribution < 1.29 is 14.3 Å². The molecule has 0 saturated heterocycles. The molecule has 0 aliphatic carbocycles. The summed E-state index contributed by atoms with van der Waals surface area (Å²) in [5, 5.41) is 2.91. The van der Waals surface area contributed by atoms with Gasteiger partial charge >= 0.3 is 5.97 Å². The zero-order valence-corrected chi connectivity index (χ0v) is 14.7. The fourth-order valence-corrected chi connectivity index (χ4v) is 2.56. The molecule has 2 rings (SSSR count). The molecule has 5 nitrogen and oxygen atoms in total. The van der Waals surface area contributed by atoms with Gasteiger partial charge in [-0.1, -0.05) is 18.2 Å². The molecule has 2 aromatic rings. The zero-order chi connectivity index (χ0) is 18.1. The summed E-state index contributed by atoms with van der Waals surface area (Å²) >= 11 is 0. The molecule has 0 unspecified atom stereocenters. The maximum atomic E-state index is 12.1. The topological polar surface area (TPSA) is 58.6 Å². The third-order valence-corrected chi connectivity index (χ3v) is 3.96. The van der Waals surface area contributed by atoms with Crippen molar-refractivity contribution in [1.82, 2.24) is 5.32 Å². The maximum absolute atomic E-state index is 12.1. The van der Waals surface area contributed by atoms with Gasteiger partial charge in [-0.05, 0) is 49.7 Å². The van der Waals surface area contributed by atoms with E-state index in [1.807, 2.05) is 18.2 Å². The molecule has 2 aromatic carbocycles. The largest absolute Gasteiger partial charge is 0.465 e. The number of esters is 1. The van der Waals surface area contributed by atoms with Crippen LogP contribution >= 0.6 is 0 Å². The quantitative estimate of drug-likeness (QED) is 0.592. The summed E-state index contributed by atoms with van der Waals surface area (Å²) in [4.78, 5) is 25.8. The van der Waals surface area contributed by atoms with Crippen LogP contribution in [0, 0.1) is 0 Å². The van der Waals surface area contributed by atoms with E-state index in [-0.39, 0.29) is 5.91 Å². The van der Waals surface area contributed by atoms with Gasteiger partial charge < -0.3 is 15.0 Å². The fourth-order valence-electron chi connectivity index (χ4n) is 2.56. The van der Waals surface area contributed by atoms with Crippen LogP contribution in [0.25, 0.3) is 0 Å². The summed E-state index contributed by atoms with van der Waals surface area (Å²) in [5.74, 6) is -0.549. The number of hydrogen-bond donors (Lipinski definition) is 1. The van der Waals surface area contributed by atoms with Gasteiger partial charge in [-0.2, -0.15) is 0 Å². The highest BCUT2D eigenvalue weighted by Gasteiger charge is 2.09. The number of amides is 1. The lowest BCUT2D eigenvalue weighted by molar-refractivity contribution is 0.0600. The Morgan fingerprint density at radius 3 is 2.24 bits per heavy atom. The highest BCUT2D eigenvalue weighted by atomic mass is 16.5. The van der Waals surface area contributed by atoms with Gasteiger partial charge in [0, 0.05) is 30.9 Å². The zero-order valence-electron chi connectivity index (χ0n) is 14.7. The summed E-state index contributed by atoms with van der Waals surface area (Å²) < 4.78 is 4.64. The molecule has 0 atom stereocenters. The molecule has 0 spiro atoms. The number of para-hydroxylation sites is 1. The highest BCUT2D eigenvalue weighted by molar-refractivity contribution is 5.96. The van der Waals surface area contributed by atoms with Crippen molar-refractivity contribution in [2.24, 2.45) is 0 Å². The van der Waals surface area contributed by atoms with Crippen LogP contribution in [-0.4, -0.2) is 38.6 Å². The van der Waals surface area contributed by atoms with Crippen LogP contribution in [0.4, 0.5) is 5.69 Å². The average molecular weight is 340 g/mol. The van der Waals surface area contributed by atoms with Crippen LogP contribution in [0.3, 0.4) is 0 Å². The molecule has 25 heavy (non-hydrogen) atoms. The van der Waals surface area contributed by atoms with Gasteiger partial charge in [0.2, 0.25) is 0 Å². The van der Waals surface area contributed by atoms with Gasteiger partial charge in [0.05, 0.1) is 12.7 Å². The first-order valence-electron chi connectivity index (χ1n) is 8.42. The molecular weight excluding hydrogens is 316 g/mol. The van der Waals surface area contributed by atoms with Crippen LogP contribution in [0.15, 0.2) is 54.6 Å². The maximum Gasteiger partial charge on any atom is 0.337 e. The third kappa shape index (κ3) is 5.35. The average Bonchev–Trinajstić information content (AvgIpc) is 2.68. The summed E-state index contributed by atoms with van der Waals surface area (Å²) in [6.07, 6.45) is 0.856. The molecule has 0 radical (unpaired) electrons. The smallest absolute Gasteiger partial charge is 0.337 e. The number of benzene rings is 2. The number of anilines is 1. The standard InChI is InChI=1S/C20H24N2O3/c1-3-22(18-8-5-4-6-9-18)15-7-14-21-19(23)16-10-12-17(13-11-16)20(24)25-2/h4-6,8-13H,3,7,14-15H2,1-2H3,(H,21,23). The number of carbonyl (C=O) groups excluding carboxylic acids is 2. The van der Waals surface area contributed by atoms with E-state index in [2.05, 4.69) is 34.0 Å². The van der Waals surface area contributed by atoms with Gasteiger partial charge in [0.25, 0.3) is 5.91 Å². The lowest BCUT2D eigenvalue weighted by atomic mass is 10.1. The number of nitrogens with one attached hydrogen (secondary N) is 1. The van der Waals surface area contributed by atoms with Crippen molar-refractivity contribution in [3.63, 3.8) is 0 Å². The summed E-state index contributed by atoms with van der Waals surface area (Å²) in [5.41, 5.74) is 2.15. The number of hydrogen-bond acceptors (Lipinski definition) is 4. The minimum Gasteiger partial charge on any atom is -0.465 e. The number of carbonyl (C=O) groups is 2. The molecule has 1 N–H and O–H groups in total. The molecule has 5 heteroatoms. The predicted octanol–water partition coefficient (Wildman–Crippen LogP) is 3.12. The lowest BCUT2D eigenvalue weighted by Gasteiger charge is -2.23. The van der Waals surface area contributed by atoms with E-state index in [1.165, 1.54) is 12.8 Å². The van der Waals surface area contributed by atoms with Crippen molar-refractivity contribution in [2.75, 3.05) is 31.6 Å². The van der Waals surface area contributed by atoms with Gasteiger partial charge in [-0.25, -0.2) is 4.79 Å². The summed E-state index contributed by atoms with van der Waals surface area (Å²) in [6, 6.07) is 16.7. The van der Waals surface area contributed by atoms with Crippen molar-refractivity contribution in [3.8, 4) is 0 Å². The first-order valence-corrected chi connectivity index (χ1v) is 8.42. The van der Waals surface area contributed by atoms with E-state index in [4.69, 9.17) is 0 Å².